The van der Waals surface area contributed by atoms with Crippen LogP contribution in [0.4, 0.5) is 5.69 Å². The zero-order valence-corrected chi connectivity index (χ0v) is 17.7. The lowest BCUT2D eigenvalue weighted by Gasteiger charge is -2.21. The van der Waals surface area contributed by atoms with Crippen LogP contribution in [0.2, 0.25) is 0 Å². The Kier molecular flexibility index (Phi) is 8.30. The van der Waals surface area contributed by atoms with Gasteiger partial charge in [-0.2, -0.15) is 0 Å². The van der Waals surface area contributed by atoms with Gasteiger partial charge in [0.15, 0.2) is 0 Å². The molecule has 2 aromatic carbocycles. The normalized spacial score (nSPS) is 14.2. The van der Waals surface area contributed by atoms with E-state index >= 15 is 0 Å². The zero-order valence-electron chi connectivity index (χ0n) is 17.7. The molecule has 30 heavy (non-hydrogen) atoms. The molecule has 0 spiro atoms. The minimum atomic E-state index is -0.288. The highest BCUT2D eigenvalue weighted by atomic mass is 16.5. The van der Waals surface area contributed by atoms with E-state index in [0.29, 0.717) is 30.7 Å². The number of hydrogen-bond donors (Lipinski definition) is 1. The number of amides is 1. The van der Waals surface area contributed by atoms with Crippen LogP contribution in [0.15, 0.2) is 48.5 Å². The summed E-state index contributed by atoms with van der Waals surface area (Å²) in [4.78, 5) is 24.4. The second-order valence-electron chi connectivity index (χ2n) is 7.74. The van der Waals surface area contributed by atoms with Crippen molar-refractivity contribution in [3.8, 4) is 5.75 Å². The molecule has 0 aromatic heterocycles. The maximum atomic E-state index is 12.3. The number of anilines is 1. The maximum Gasteiger partial charge on any atom is 0.338 e. The smallest absolute Gasteiger partial charge is 0.338 e. The van der Waals surface area contributed by atoms with E-state index in [-0.39, 0.29) is 18.0 Å². The average Bonchev–Trinajstić information content (AvgIpc) is 2.78. The molecule has 0 unspecified atom stereocenters. The van der Waals surface area contributed by atoms with Gasteiger partial charge in [-0.1, -0.05) is 25.5 Å². The molecule has 160 valence electrons. The van der Waals surface area contributed by atoms with Crippen LogP contribution < -0.4 is 10.1 Å². The highest BCUT2D eigenvalue weighted by Gasteiger charge is 2.18. The van der Waals surface area contributed by atoms with Gasteiger partial charge in [0.05, 0.1) is 12.2 Å². The number of ether oxygens (including phenoxy) is 2. The number of carbonyl (C=O) groups excluding carboxylic acids is 2. The fourth-order valence-corrected chi connectivity index (χ4v) is 3.56. The number of hydrogen-bond acceptors (Lipinski definition) is 4. The molecular weight excluding hydrogens is 378 g/mol. The number of aryl methyl sites for hydroxylation is 1. The van der Waals surface area contributed by atoms with Crippen LogP contribution in [-0.2, 0) is 16.0 Å². The summed E-state index contributed by atoms with van der Waals surface area (Å²) in [5.74, 6) is 0.463. The van der Waals surface area contributed by atoms with E-state index in [1.54, 1.807) is 24.3 Å². The van der Waals surface area contributed by atoms with E-state index in [1.165, 1.54) is 12.0 Å². The van der Waals surface area contributed by atoms with Gasteiger partial charge >= 0.3 is 5.97 Å². The second-order valence-corrected chi connectivity index (χ2v) is 7.74. The van der Waals surface area contributed by atoms with E-state index in [0.717, 1.165) is 37.9 Å². The Hall–Kier alpha value is -2.82. The Bertz CT molecular complexity index is 808. The van der Waals surface area contributed by atoms with Gasteiger partial charge in [-0.05, 0) is 80.5 Å². The highest BCUT2D eigenvalue weighted by molar-refractivity contribution is 5.93. The minimum Gasteiger partial charge on any atom is -0.494 e. The van der Waals surface area contributed by atoms with Gasteiger partial charge in [-0.3, -0.25) is 4.79 Å². The van der Waals surface area contributed by atoms with Crippen LogP contribution in [0.1, 0.15) is 67.8 Å². The molecule has 0 aliphatic heterocycles. The zero-order chi connectivity index (χ0) is 21.2. The molecule has 1 aliphatic carbocycles. The topological polar surface area (TPSA) is 64.6 Å². The summed E-state index contributed by atoms with van der Waals surface area (Å²) < 4.78 is 11.3. The lowest BCUT2D eigenvalue weighted by Crippen LogP contribution is -2.21. The highest BCUT2D eigenvalue weighted by Crippen LogP contribution is 2.22. The van der Waals surface area contributed by atoms with Gasteiger partial charge in [0.1, 0.15) is 11.9 Å². The van der Waals surface area contributed by atoms with Gasteiger partial charge in [0.25, 0.3) is 0 Å². The predicted molar refractivity (Wildman–Crippen MR) is 118 cm³/mol. The molecule has 5 heteroatoms. The van der Waals surface area contributed by atoms with Crippen molar-refractivity contribution in [2.24, 2.45) is 0 Å². The van der Waals surface area contributed by atoms with Crippen molar-refractivity contribution in [3.63, 3.8) is 0 Å². The van der Waals surface area contributed by atoms with Gasteiger partial charge in [-0.15, -0.1) is 0 Å². The van der Waals surface area contributed by atoms with Gasteiger partial charge in [0.2, 0.25) is 5.91 Å². The van der Waals surface area contributed by atoms with E-state index in [4.69, 9.17) is 9.47 Å². The van der Waals surface area contributed by atoms with Crippen molar-refractivity contribution in [3.05, 3.63) is 59.7 Å². The molecule has 0 heterocycles. The van der Waals surface area contributed by atoms with E-state index < -0.39 is 0 Å². The number of benzene rings is 2. The third kappa shape index (κ3) is 6.90. The van der Waals surface area contributed by atoms with Crippen molar-refractivity contribution in [1.82, 2.24) is 0 Å². The molecule has 0 saturated heterocycles. The van der Waals surface area contributed by atoms with Gasteiger partial charge < -0.3 is 14.8 Å². The number of carbonyl (C=O) groups is 2. The first-order valence-corrected chi connectivity index (χ1v) is 11.0. The first kappa shape index (κ1) is 21.9. The fraction of sp³-hybridized carbons (Fsp3) is 0.440. The Balaban J connectivity index is 1.36. The van der Waals surface area contributed by atoms with Crippen LogP contribution in [0.3, 0.4) is 0 Å². The standard InChI is InChI=1S/C25H31NO4/c1-2-19-10-16-22(17-11-19)29-18-6-9-24(27)26-21-14-12-20(13-15-21)25(28)30-23-7-4-3-5-8-23/h10-17,23H,2-9,18H2,1H3,(H,26,27). The van der Waals surface area contributed by atoms with E-state index in [9.17, 15) is 9.59 Å². The molecule has 1 N–H and O–H groups in total. The first-order valence-electron chi connectivity index (χ1n) is 11.0. The quantitative estimate of drug-likeness (QED) is 0.436. The molecule has 5 nitrogen and oxygen atoms in total. The Morgan fingerprint density at radius 3 is 2.33 bits per heavy atom. The Morgan fingerprint density at radius 2 is 1.67 bits per heavy atom. The number of nitrogens with one attached hydrogen (secondary N) is 1. The Labute approximate surface area is 178 Å². The van der Waals surface area contributed by atoms with Crippen LogP contribution in [0, 0.1) is 0 Å². The first-order chi connectivity index (χ1) is 14.6. The van der Waals surface area contributed by atoms with Gasteiger partial charge in [-0.25, -0.2) is 4.79 Å². The predicted octanol–water partition coefficient (Wildman–Crippen LogP) is 5.54. The molecule has 1 amide bonds. The van der Waals surface area contributed by atoms with Crippen LogP contribution in [0.25, 0.3) is 0 Å². The van der Waals surface area contributed by atoms with Crippen molar-refractivity contribution in [2.75, 3.05) is 11.9 Å². The molecule has 3 rings (SSSR count). The van der Waals surface area contributed by atoms with Crippen molar-refractivity contribution < 1.29 is 19.1 Å². The summed E-state index contributed by atoms with van der Waals surface area (Å²) in [5.41, 5.74) is 2.46. The van der Waals surface area contributed by atoms with Crippen LogP contribution in [0.5, 0.6) is 5.75 Å². The third-order valence-corrected chi connectivity index (χ3v) is 5.38. The summed E-state index contributed by atoms with van der Waals surface area (Å²) >= 11 is 0. The van der Waals surface area contributed by atoms with E-state index in [1.807, 2.05) is 12.1 Å². The minimum absolute atomic E-state index is 0.0393. The maximum absolute atomic E-state index is 12.3. The summed E-state index contributed by atoms with van der Waals surface area (Å²) in [6.45, 7) is 2.61. The molecule has 1 saturated carbocycles. The fourth-order valence-electron chi connectivity index (χ4n) is 3.56. The summed E-state index contributed by atoms with van der Waals surface area (Å²) in [7, 11) is 0. The average molecular weight is 410 g/mol. The van der Waals surface area contributed by atoms with Crippen LogP contribution in [-0.4, -0.2) is 24.6 Å². The summed E-state index contributed by atoms with van der Waals surface area (Å²) in [6, 6.07) is 14.9. The van der Waals surface area contributed by atoms with E-state index in [2.05, 4.69) is 24.4 Å². The molecule has 1 fully saturated rings. The Morgan fingerprint density at radius 1 is 0.967 bits per heavy atom. The van der Waals surface area contributed by atoms with Gasteiger partial charge in [0, 0.05) is 12.1 Å². The SMILES string of the molecule is CCc1ccc(OCCCC(=O)Nc2ccc(C(=O)OC3CCCCC3)cc2)cc1. The monoisotopic (exact) mass is 409 g/mol. The molecule has 0 atom stereocenters. The largest absolute Gasteiger partial charge is 0.494 e. The summed E-state index contributed by atoms with van der Waals surface area (Å²) in [6.07, 6.45) is 7.42. The third-order valence-electron chi connectivity index (χ3n) is 5.38. The second kappa shape index (κ2) is 11.4. The lowest BCUT2D eigenvalue weighted by atomic mass is 9.98. The van der Waals surface area contributed by atoms with Crippen molar-refractivity contribution in [2.45, 2.75) is 64.4 Å². The number of esters is 1. The molecule has 0 radical (unpaired) electrons. The van der Waals surface area contributed by atoms with Crippen molar-refractivity contribution >= 4 is 17.6 Å². The molecule has 2 aromatic rings. The van der Waals surface area contributed by atoms with Crippen LogP contribution >= 0.6 is 0 Å². The van der Waals surface area contributed by atoms with Crippen molar-refractivity contribution in [1.29, 1.82) is 0 Å². The number of rotatable bonds is 9. The lowest BCUT2D eigenvalue weighted by molar-refractivity contribution is -0.116. The summed E-state index contributed by atoms with van der Waals surface area (Å²) in [5, 5.41) is 2.86. The molecule has 1 aliphatic rings. The molecular formula is C25H31NO4. The molecule has 0 bridgehead atoms.